The summed E-state index contributed by atoms with van der Waals surface area (Å²) in [5, 5.41) is 18.4. The second-order valence-electron chi connectivity index (χ2n) is 2.62. The van der Waals surface area contributed by atoms with Gasteiger partial charge in [0, 0.05) is 6.20 Å². The fourth-order valence-corrected chi connectivity index (χ4v) is 1.54. The van der Waals surface area contributed by atoms with Crippen LogP contribution in [-0.2, 0) is 0 Å². The van der Waals surface area contributed by atoms with Gasteiger partial charge in [-0.2, -0.15) is 5.10 Å². The van der Waals surface area contributed by atoms with Gasteiger partial charge in [-0.25, -0.2) is 0 Å². The van der Waals surface area contributed by atoms with Gasteiger partial charge in [-0.15, -0.1) is 10.2 Å². The number of anilines is 1. The van der Waals surface area contributed by atoms with Gasteiger partial charge < -0.3 is 5.32 Å². The Morgan fingerprint density at radius 3 is 3.15 bits per heavy atom. The highest BCUT2D eigenvalue weighted by Gasteiger charge is 2.07. The van der Waals surface area contributed by atoms with Gasteiger partial charge in [-0.3, -0.25) is 5.10 Å². The minimum absolute atomic E-state index is 0.176. The molecule has 5 nitrogen and oxygen atoms in total. The van der Waals surface area contributed by atoms with Crippen LogP contribution < -0.4 is 5.32 Å². The maximum absolute atomic E-state index is 3.89. The fourth-order valence-electron chi connectivity index (χ4n) is 1.01. The summed E-state index contributed by atoms with van der Waals surface area (Å²) in [6.45, 7) is 2.04. The third-order valence-electron chi connectivity index (χ3n) is 1.69. The zero-order valence-corrected chi connectivity index (χ0v) is 7.88. The number of nitrogens with one attached hydrogen (secondary N) is 2. The lowest BCUT2D eigenvalue weighted by Gasteiger charge is -2.09. The molecule has 0 fully saturated rings. The maximum Gasteiger partial charge on any atom is 0.205 e. The molecule has 6 heteroatoms. The Morgan fingerprint density at radius 2 is 2.54 bits per heavy atom. The van der Waals surface area contributed by atoms with E-state index in [-0.39, 0.29) is 6.04 Å². The van der Waals surface area contributed by atoms with E-state index >= 15 is 0 Å². The molecule has 0 aromatic carbocycles. The summed E-state index contributed by atoms with van der Waals surface area (Å²) in [6, 6.07) is 2.11. The summed E-state index contributed by atoms with van der Waals surface area (Å²) >= 11 is 1.48. The van der Waals surface area contributed by atoms with Crippen molar-refractivity contribution >= 4 is 16.5 Å². The Hall–Kier alpha value is -1.43. The summed E-state index contributed by atoms with van der Waals surface area (Å²) in [6.07, 6.45) is 1.73. The van der Waals surface area contributed by atoms with Crippen molar-refractivity contribution in [3.05, 3.63) is 23.5 Å². The minimum atomic E-state index is 0.176. The lowest BCUT2D eigenvalue weighted by atomic mass is 10.2. The van der Waals surface area contributed by atoms with E-state index < -0.39 is 0 Å². The van der Waals surface area contributed by atoms with E-state index in [0.29, 0.717) is 0 Å². The molecule has 0 radical (unpaired) electrons. The van der Waals surface area contributed by atoms with Gasteiger partial charge >= 0.3 is 0 Å². The highest BCUT2D eigenvalue weighted by Crippen LogP contribution is 2.17. The fraction of sp³-hybridized carbons (Fsp3) is 0.286. The van der Waals surface area contributed by atoms with E-state index in [1.54, 1.807) is 11.7 Å². The first-order valence-corrected chi connectivity index (χ1v) is 4.76. The van der Waals surface area contributed by atoms with Crippen LogP contribution in [0.4, 0.5) is 5.13 Å². The first kappa shape index (κ1) is 8.18. The van der Waals surface area contributed by atoms with Crippen molar-refractivity contribution in [3.8, 4) is 0 Å². The van der Waals surface area contributed by atoms with Gasteiger partial charge in [0.1, 0.15) is 5.51 Å². The number of nitrogens with zero attached hydrogens (tertiary/aromatic N) is 3. The summed E-state index contributed by atoms with van der Waals surface area (Å²) in [5.41, 5.74) is 2.73. The van der Waals surface area contributed by atoms with E-state index in [1.165, 1.54) is 11.3 Å². The summed E-state index contributed by atoms with van der Waals surface area (Å²) < 4.78 is 0. The molecule has 0 amide bonds. The van der Waals surface area contributed by atoms with Crippen molar-refractivity contribution in [2.75, 3.05) is 5.32 Å². The van der Waals surface area contributed by atoms with Crippen LogP contribution in [0.15, 0.2) is 17.8 Å². The van der Waals surface area contributed by atoms with Crippen molar-refractivity contribution < 1.29 is 0 Å². The first-order valence-electron chi connectivity index (χ1n) is 3.88. The second-order valence-corrected chi connectivity index (χ2v) is 3.46. The topological polar surface area (TPSA) is 66.5 Å². The highest BCUT2D eigenvalue weighted by molar-refractivity contribution is 7.13. The predicted molar refractivity (Wildman–Crippen MR) is 50.5 cm³/mol. The Morgan fingerprint density at radius 1 is 1.62 bits per heavy atom. The monoisotopic (exact) mass is 195 g/mol. The standard InChI is InChI=1S/C7H9N5S/c1-5(6-2-3-8-11-6)10-7-12-9-4-13-7/h2-5H,1H3,(H,8,11)(H,10,12). The number of hydrogen-bond acceptors (Lipinski definition) is 5. The van der Waals surface area contributed by atoms with Crippen LogP contribution in [0.5, 0.6) is 0 Å². The molecule has 0 spiro atoms. The molecular weight excluding hydrogens is 186 g/mol. The van der Waals surface area contributed by atoms with Gasteiger partial charge in [0.25, 0.3) is 0 Å². The molecule has 13 heavy (non-hydrogen) atoms. The molecule has 2 heterocycles. The smallest absolute Gasteiger partial charge is 0.205 e. The van der Waals surface area contributed by atoms with Crippen molar-refractivity contribution in [2.24, 2.45) is 0 Å². The van der Waals surface area contributed by atoms with Crippen LogP contribution in [0.25, 0.3) is 0 Å². The van der Waals surface area contributed by atoms with Gasteiger partial charge in [-0.1, -0.05) is 11.3 Å². The Kier molecular flexibility index (Phi) is 2.22. The number of rotatable bonds is 3. The van der Waals surface area contributed by atoms with Crippen LogP contribution in [0.2, 0.25) is 0 Å². The number of aromatic amines is 1. The van der Waals surface area contributed by atoms with Crippen LogP contribution in [0, 0.1) is 0 Å². The SMILES string of the molecule is CC(Nc1nncs1)c1ccn[nH]1. The molecular formula is C7H9N5S. The first-order chi connectivity index (χ1) is 6.36. The summed E-state index contributed by atoms with van der Waals surface area (Å²) in [7, 11) is 0. The molecule has 0 bridgehead atoms. The van der Waals surface area contributed by atoms with E-state index in [1.807, 2.05) is 13.0 Å². The van der Waals surface area contributed by atoms with Gasteiger partial charge in [0.2, 0.25) is 5.13 Å². The average molecular weight is 195 g/mol. The second kappa shape index (κ2) is 3.53. The number of aromatic nitrogens is 4. The molecule has 0 saturated heterocycles. The van der Waals surface area contributed by atoms with E-state index in [2.05, 4.69) is 25.7 Å². The van der Waals surface area contributed by atoms with Crippen molar-refractivity contribution in [2.45, 2.75) is 13.0 Å². The Labute approximate surface area is 79.2 Å². The Balaban J connectivity index is 2.04. The molecule has 0 saturated carbocycles. The lowest BCUT2D eigenvalue weighted by Crippen LogP contribution is -2.06. The quantitative estimate of drug-likeness (QED) is 0.777. The van der Waals surface area contributed by atoms with E-state index in [4.69, 9.17) is 0 Å². The van der Waals surface area contributed by atoms with E-state index in [9.17, 15) is 0 Å². The molecule has 0 aliphatic rings. The van der Waals surface area contributed by atoms with E-state index in [0.717, 1.165) is 10.8 Å². The highest BCUT2D eigenvalue weighted by atomic mass is 32.1. The van der Waals surface area contributed by atoms with Gasteiger partial charge in [-0.05, 0) is 13.0 Å². The number of H-pyrrole nitrogens is 1. The molecule has 1 unspecified atom stereocenters. The van der Waals surface area contributed by atoms with Crippen LogP contribution in [0.3, 0.4) is 0 Å². The molecule has 0 aliphatic carbocycles. The molecule has 0 aliphatic heterocycles. The van der Waals surface area contributed by atoms with Gasteiger partial charge in [0.05, 0.1) is 11.7 Å². The zero-order valence-electron chi connectivity index (χ0n) is 7.06. The zero-order chi connectivity index (χ0) is 9.10. The molecule has 1 atom stereocenters. The van der Waals surface area contributed by atoms with Crippen molar-refractivity contribution in [1.29, 1.82) is 0 Å². The van der Waals surface area contributed by atoms with Crippen LogP contribution >= 0.6 is 11.3 Å². The molecule has 2 aromatic heterocycles. The van der Waals surface area contributed by atoms with Gasteiger partial charge in [0.15, 0.2) is 0 Å². The van der Waals surface area contributed by atoms with Crippen LogP contribution in [-0.4, -0.2) is 20.4 Å². The van der Waals surface area contributed by atoms with Crippen LogP contribution in [0.1, 0.15) is 18.7 Å². The minimum Gasteiger partial charge on any atom is -0.352 e. The summed E-state index contributed by atoms with van der Waals surface area (Å²) in [4.78, 5) is 0. The normalized spacial score (nSPS) is 12.7. The predicted octanol–water partition coefficient (Wildman–Crippen LogP) is 1.43. The van der Waals surface area contributed by atoms with Crippen molar-refractivity contribution in [3.63, 3.8) is 0 Å². The van der Waals surface area contributed by atoms with Crippen molar-refractivity contribution in [1.82, 2.24) is 20.4 Å². The lowest BCUT2D eigenvalue weighted by molar-refractivity contribution is 0.819. The average Bonchev–Trinajstić information content (AvgIpc) is 2.74. The third-order valence-corrected chi connectivity index (χ3v) is 2.31. The molecule has 2 N–H and O–H groups in total. The Bertz CT molecular complexity index is 341. The number of hydrogen-bond donors (Lipinski definition) is 2. The maximum atomic E-state index is 3.89. The largest absolute Gasteiger partial charge is 0.352 e. The third kappa shape index (κ3) is 1.83. The summed E-state index contributed by atoms with van der Waals surface area (Å²) in [5.74, 6) is 0. The molecule has 2 rings (SSSR count). The molecule has 2 aromatic rings. The molecule has 68 valence electrons.